The Bertz CT molecular complexity index is 1090. The summed E-state index contributed by atoms with van der Waals surface area (Å²) in [6.07, 6.45) is 2.30. The van der Waals surface area contributed by atoms with Gasteiger partial charge in [-0.15, -0.1) is 0 Å². The van der Waals surface area contributed by atoms with Gasteiger partial charge in [0, 0.05) is 44.1 Å². The predicted octanol–water partition coefficient (Wildman–Crippen LogP) is 4.30. The first-order valence-electron chi connectivity index (χ1n) is 9.83. The molecular formula is C22H27FN4O. The molecule has 6 heteroatoms. The summed E-state index contributed by atoms with van der Waals surface area (Å²) in [7, 11) is 3.49. The molecule has 2 heterocycles. The number of halogens is 1. The molecule has 1 saturated heterocycles. The second-order valence-electron chi connectivity index (χ2n) is 7.97. The lowest BCUT2D eigenvalue weighted by molar-refractivity contribution is 0.437. The third kappa shape index (κ3) is 3.07. The fraction of sp³-hybridized carbons (Fsp3) is 0.409. The van der Waals surface area contributed by atoms with E-state index >= 15 is 4.39 Å². The predicted molar refractivity (Wildman–Crippen MR) is 113 cm³/mol. The maximum Gasteiger partial charge on any atom is 0.328 e. The van der Waals surface area contributed by atoms with Gasteiger partial charge < -0.3 is 10.2 Å². The van der Waals surface area contributed by atoms with Gasteiger partial charge in [0.1, 0.15) is 0 Å². The molecule has 5 nitrogen and oxygen atoms in total. The number of aromatic nitrogens is 2. The van der Waals surface area contributed by atoms with Crippen molar-refractivity contribution < 1.29 is 4.39 Å². The van der Waals surface area contributed by atoms with Crippen LogP contribution >= 0.6 is 0 Å². The zero-order valence-electron chi connectivity index (χ0n) is 16.9. The van der Waals surface area contributed by atoms with E-state index in [4.69, 9.17) is 0 Å². The summed E-state index contributed by atoms with van der Waals surface area (Å²) in [5.41, 5.74) is 4.45. The van der Waals surface area contributed by atoms with E-state index in [1.807, 2.05) is 37.3 Å². The van der Waals surface area contributed by atoms with E-state index in [0.717, 1.165) is 54.3 Å². The van der Waals surface area contributed by atoms with Crippen LogP contribution in [0.25, 0.3) is 11.0 Å². The van der Waals surface area contributed by atoms with Gasteiger partial charge in [-0.1, -0.05) is 6.92 Å². The van der Waals surface area contributed by atoms with E-state index < -0.39 is 0 Å². The smallest absolute Gasteiger partial charge is 0.328 e. The minimum Gasteiger partial charge on any atom is -0.371 e. The molecule has 2 aromatic carbocycles. The van der Waals surface area contributed by atoms with Crippen LogP contribution < -0.4 is 15.9 Å². The van der Waals surface area contributed by atoms with Crippen LogP contribution in [0.15, 0.2) is 35.1 Å². The van der Waals surface area contributed by atoms with Gasteiger partial charge in [0.15, 0.2) is 5.82 Å². The number of piperidine rings is 1. The summed E-state index contributed by atoms with van der Waals surface area (Å²) in [5, 5.41) is 3.18. The Balaban J connectivity index is 1.63. The number of nitrogens with zero attached hydrogens (tertiary/aromatic N) is 3. The maximum absolute atomic E-state index is 15.1. The summed E-state index contributed by atoms with van der Waals surface area (Å²) < 4.78 is 18.3. The van der Waals surface area contributed by atoms with Crippen molar-refractivity contribution in [2.24, 2.45) is 20.0 Å². The Hall–Kier alpha value is -2.76. The quantitative estimate of drug-likeness (QED) is 0.734. The van der Waals surface area contributed by atoms with Crippen molar-refractivity contribution in [3.63, 3.8) is 0 Å². The van der Waals surface area contributed by atoms with Crippen molar-refractivity contribution in [1.29, 1.82) is 0 Å². The van der Waals surface area contributed by atoms with Gasteiger partial charge in [0.2, 0.25) is 0 Å². The third-order valence-electron chi connectivity index (χ3n) is 6.03. The molecule has 3 aromatic rings. The van der Waals surface area contributed by atoms with Crippen LogP contribution in [-0.2, 0) is 14.1 Å². The molecule has 0 aliphatic carbocycles. The molecule has 148 valence electrons. The molecule has 0 spiro atoms. The standard InChI is InChI=1S/C22H27FN4O/c1-14-9-11-27(12-10-14)18-8-6-17(21(23)15(18)2)24-16-5-7-19-20(13-16)26(4)22(28)25(19)3/h5-8,13-14,24H,9-12H2,1-4H3. The minimum atomic E-state index is -0.224. The first kappa shape index (κ1) is 18.6. The molecule has 0 radical (unpaired) electrons. The summed E-state index contributed by atoms with van der Waals surface area (Å²) in [4.78, 5) is 14.4. The molecule has 1 aliphatic heterocycles. The van der Waals surface area contributed by atoms with Crippen LogP contribution in [0.4, 0.5) is 21.5 Å². The van der Waals surface area contributed by atoms with Crippen molar-refractivity contribution >= 4 is 28.1 Å². The molecule has 0 saturated carbocycles. The fourth-order valence-electron chi connectivity index (χ4n) is 4.10. The highest BCUT2D eigenvalue weighted by atomic mass is 19.1. The number of benzene rings is 2. The van der Waals surface area contributed by atoms with Gasteiger partial charge in [0.05, 0.1) is 16.7 Å². The SMILES string of the molecule is Cc1c(N2CCC(C)CC2)ccc(Nc2ccc3c(c2)n(C)c(=O)n3C)c1F. The zero-order chi connectivity index (χ0) is 20.0. The van der Waals surface area contributed by atoms with Gasteiger partial charge in [0.25, 0.3) is 0 Å². The molecule has 28 heavy (non-hydrogen) atoms. The summed E-state index contributed by atoms with van der Waals surface area (Å²) >= 11 is 0. The zero-order valence-corrected chi connectivity index (χ0v) is 16.9. The van der Waals surface area contributed by atoms with E-state index in [2.05, 4.69) is 17.1 Å². The Morgan fingerprint density at radius 2 is 1.71 bits per heavy atom. The lowest BCUT2D eigenvalue weighted by atomic mass is 9.98. The largest absolute Gasteiger partial charge is 0.371 e. The topological polar surface area (TPSA) is 42.2 Å². The van der Waals surface area contributed by atoms with Crippen LogP contribution in [0.5, 0.6) is 0 Å². The van der Waals surface area contributed by atoms with Crippen molar-refractivity contribution in [3.05, 3.63) is 52.2 Å². The highest BCUT2D eigenvalue weighted by molar-refractivity contribution is 5.81. The summed E-state index contributed by atoms with van der Waals surface area (Å²) in [5.74, 6) is 0.518. The van der Waals surface area contributed by atoms with Crippen LogP contribution in [0.2, 0.25) is 0 Å². The van der Waals surface area contributed by atoms with Crippen molar-refractivity contribution in [3.8, 4) is 0 Å². The summed E-state index contributed by atoms with van der Waals surface area (Å²) in [6.45, 7) is 6.08. The molecule has 0 unspecified atom stereocenters. The first-order chi connectivity index (χ1) is 13.4. The van der Waals surface area contributed by atoms with Crippen LogP contribution in [0, 0.1) is 18.7 Å². The lowest BCUT2D eigenvalue weighted by Crippen LogP contribution is -2.33. The number of anilines is 3. The molecule has 0 atom stereocenters. The number of nitrogens with one attached hydrogen (secondary N) is 1. The number of rotatable bonds is 3. The highest BCUT2D eigenvalue weighted by Crippen LogP contribution is 2.32. The summed E-state index contributed by atoms with van der Waals surface area (Å²) in [6, 6.07) is 9.45. The first-order valence-corrected chi connectivity index (χ1v) is 9.83. The minimum absolute atomic E-state index is 0.0747. The molecular weight excluding hydrogens is 355 g/mol. The van der Waals surface area contributed by atoms with E-state index in [1.54, 1.807) is 23.2 Å². The molecule has 0 amide bonds. The molecule has 0 bridgehead atoms. The number of hydrogen-bond donors (Lipinski definition) is 1. The molecule has 1 N–H and O–H groups in total. The Morgan fingerprint density at radius 1 is 1.04 bits per heavy atom. The Morgan fingerprint density at radius 3 is 2.43 bits per heavy atom. The second kappa shape index (κ2) is 7.00. The average molecular weight is 382 g/mol. The lowest BCUT2D eigenvalue weighted by Gasteiger charge is -2.33. The normalized spacial score (nSPS) is 15.4. The van der Waals surface area contributed by atoms with Crippen LogP contribution in [0.3, 0.4) is 0 Å². The van der Waals surface area contributed by atoms with Gasteiger partial charge in [-0.05, 0) is 56.0 Å². The fourth-order valence-corrected chi connectivity index (χ4v) is 4.10. The molecule has 4 rings (SSSR count). The molecule has 1 fully saturated rings. The van der Waals surface area contributed by atoms with Crippen LogP contribution in [-0.4, -0.2) is 22.2 Å². The van der Waals surface area contributed by atoms with E-state index in [0.29, 0.717) is 11.3 Å². The second-order valence-corrected chi connectivity index (χ2v) is 7.97. The number of fused-ring (bicyclic) bond motifs is 1. The Labute approximate surface area is 164 Å². The van der Waals surface area contributed by atoms with Crippen molar-refractivity contribution in [1.82, 2.24) is 9.13 Å². The van der Waals surface area contributed by atoms with Gasteiger partial charge in [-0.3, -0.25) is 9.13 Å². The van der Waals surface area contributed by atoms with Crippen molar-refractivity contribution in [2.75, 3.05) is 23.3 Å². The Kier molecular flexibility index (Phi) is 4.65. The molecule has 1 aliphatic rings. The van der Waals surface area contributed by atoms with Gasteiger partial charge >= 0.3 is 5.69 Å². The maximum atomic E-state index is 15.1. The highest BCUT2D eigenvalue weighted by Gasteiger charge is 2.20. The number of aryl methyl sites for hydroxylation is 2. The van der Waals surface area contributed by atoms with E-state index in [1.165, 1.54) is 0 Å². The van der Waals surface area contributed by atoms with Gasteiger partial charge in [-0.25, -0.2) is 9.18 Å². The average Bonchev–Trinajstić information content (AvgIpc) is 2.90. The van der Waals surface area contributed by atoms with Crippen molar-refractivity contribution in [2.45, 2.75) is 26.7 Å². The number of hydrogen-bond acceptors (Lipinski definition) is 3. The van der Waals surface area contributed by atoms with E-state index in [-0.39, 0.29) is 11.5 Å². The third-order valence-corrected chi connectivity index (χ3v) is 6.03. The number of imidazole rings is 1. The molecule has 1 aromatic heterocycles. The van der Waals surface area contributed by atoms with Crippen LogP contribution in [0.1, 0.15) is 25.3 Å². The monoisotopic (exact) mass is 382 g/mol. The van der Waals surface area contributed by atoms with E-state index in [9.17, 15) is 4.79 Å². The van der Waals surface area contributed by atoms with Gasteiger partial charge in [-0.2, -0.15) is 0 Å².